The number of hydrogen-bond acceptors (Lipinski definition) is 5. The highest BCUT2D eigenvalue weighted by molar-refractivity contribution is 5.66. The zero-order valence-electron chi connectivity index (χ0n) is 17.9. The van der Waals surface area contributed by atoms with Gasteiger partial charge < -0.3 is 14.2 Å². The number of hydrogen-bond donors (Lipinski definition) is 0. The molecule has 160 valence electrons. The smallest absolute Gasteiger partial charge is 0.188 e. The van der Waals surface area contributed by atoms with Crippen molar-refractivity contribution < 1.29 is 18.6 Å². The van der Waals surface area contributed by atoms with E-state index in [9.17, 15) is 4.39 Å². The van der Waals surface area contributed by atoms with Gasteiger partial charge in [-0.3, -0.25) is 0 Å². The molecule has 3 aromatic rings. The summed E-state index contributed by atoms with van der Waals surface area (Å²) in [6.07, 6.45) is 1.18. The molecule has 6 heteroatoms. The lowest BCUT2D eigenvalue weighted by Gasteiger charge is -2.17. The van der Waals surface area contributed by atoms with Crippen LogP contribution < -0.4 is 9.47 Å². The lowest BCUT2D eigenvalue weighted by Crippen LogP contribution is -2.07. The fourth-order valence-electron chi connectivity index (χ4n) is 3.45. The van der Waals surface area contributed by atoms with Gasteiger partial charge in [-0.05, 0) is 48.2 Å². The average Bonchev–Trinajstić information content (AvgIpc) is 2.81. The van der Waals surface area contributed by atoms with Crippen molar-refractivity contribution in [1.29, 1.82) is 5.26 Å². The van der Waals surface area contributed by atoms with Gasteiger partial charge in [0.1, 0.15) is 17.5 Å². The summed E-state index contributed by atoms with van der Waals surface area (Å²) in [6.45, 7) is 3.67. The van der Waals surface area contributed by atoms with Crippen LogP contribution in [-0.2, 0) is 17.6 Å². The minimum atomic E-state index is -0.439. The maximum atomic E-state index is 14.9. The van der Waals surface area contributed by atoms with Gasteiger partial charge in [-0.2, -0.15) is 5.26 Å². The Hall–Kier alpha value is -3.43. The molecule has 0 amide bonds. The van der Waals surface area contributed by atoms with Gasteiger partial charge >= 0.3 is 0 Å². The first-order valence-corrected chi connectivity index (χ1v) is 10.1. The summed E-state index contributed by atoms with van der Waals surface area (Å²) < 4.78 is 30.9. The summed E-state index contributed by atoms with van der Waals surface area (Å²) in [6, 6.07) is 17.1. The molecule has 0 saturated carbocycles. The third kappa shape index (κ3) is 5.19. The Labute approximate surface area is 182 Å². The van der Waals surface area contributed by atoms with Crippen LogP contribution in [0.25, 0.3) is 11.3 Å². The quantitative estimate of drug-likeness (QED) is 0.443. The van der Waals surface area contributed by atoms with Crippen molar-refractivity contribution in [2.75, 3.05) is 20.5 Å². The number of halogens is 1. The van der Waals surface area contributed by atoms with E-state index in [0.717, 1.165) is 22.4 Å². The Kier molecular flexibility index (Phi) is 7.58. The van der Waals surface area contributed by atoms with Crippen molar-refractivity contribution >= 4 is 0 Å². The normalized spacial score (nSPS) is 10.5. The molecule has 0 unspecified atom stereocenters. The van der Waals surface area contributed by atoms with Gasteiger partial charge in [0.2, 0.25) is 0 Å². The number of rotatable bonds is 9. The minimum absolute atomic E-state index is 0.112. The van der Waals surface area contributed by atoms with E-state index < -0.39 is 5.82 Å². The van der Waals surface area contributed by atoms with E-state index in [-0.39, 0.29) is 19.1 Å². The first-order valence-electron chi connectivity index (χ1n) is 10.1. The molecule has 0 spiro atoms. The monoisotopic (exact) mass is 420 g/mol. The van der Waals surface area contributed by atoms with Gasteiger partial charge in [-0.1, -0.05) is 37.3 Å². The lowest BCUT2D eigenvalue weighted by atomic mass is 9.94. The van der Waals surface area contributed by atoms with Gasteiger partial charge in [0.05, 0.1) is 0 Å². The van der Waals surface area contributed by atoms with Crippen molar-refractivity contribution in [3.8, 4) is 28.8 Å². The first-order chi connectivity index (χ1) is 15.1. The lowest BCUT2D eigenvalue weighted by molar-refractivity contribution is 0.0513. The van der Waals surface area contributed by atoms with Crippen LogP contribution in [0.3, 0.4) is 0 Å². The van der Waals surface area contributed by atoms with Gasteiger partial charge in [0, 0.05) is 24.8 Å². The van der Waals surface area contributed by atoms with Crippen LogP contribution in [0, 0.1) is 24.1 Å². The van der Waals surface area contributed by atoms with E-state index in [0.29, 0.717) is 29.8 Å². The molecular weight excluding hydrogens is 395 g/mol. The van der Waals surface area contributed by atoms with E-state index in [1.54, 1.807) is 20.1 Å². The first kappa shape index (κ1) is 22.3. The third-order valence-electron chi connectivity index (χ3n) is 5.02. The Balaban J connectivity index is 2.01. The number of nitrogens with zero attached hydrogens (tertiary/aromatic N) is 2. The number of aryl methyl sites for hydroxylation is 1. The van der Waals surface area contributed by atoms with E-state index in [4.69, 9.17) is 24.5 Å². The van der Waals surface area contributed by atoms with Crippen LogP contribution in [0.15, 0.2) is 48.5 Å². The second-order valence-corrected chi connectivity index (χ2v) is 6.99. The summed E-state index contributed by atoms with van der Waals surface area (Å²) in [5.74, 6) is 0.294. The molecule has 0 bridgehead atoms. The second kappa shape index (κ2) is 10.6. The van der Waals surface area contributed by atoms with Gasteiger partial charge in [0.15, 0.2) is 25.0 Å². The topological polar surface area (TPSA) is 64.4 Å². The van der Waals surface area contributed by atoms with Crippen LogP contribution in [0.4, 0.5) is 4.39 Å². The maximum Gasteiger partial charge on any atom is 0.188 e. The standard InChI is InChI=1S/C25H25FN2O3/c1-4-18-14-23(30-13-12-27)24(26)17(2)21(18)15-20-10-11-22(31-16-29-3)25(28-20)19-8-6-5-7-9-19/h5-11,14H,4,13,15-16H2,1-3H3. The van der Waals surface area contributed by atoms with Crippen molar-refractivity contribution in [3.63, 3.8) is 0 Å². The van der Waals surface area contributed by atoms with E-state index >= 15 is 0 Å². The summed E-state index contributed by atoms with van der Waals surface area (Å²) in [7, 11) is 1.57. The van der Waals surface area contributed by atoms with E-state index in [1.807, 2.05) is 55.5 Å². The predicted octanol–water partition coefficient (Wildman–Crippen LogP) is 5.23. The molecule has 0 aliphatic heterocycles. The number of methoxy groups -OCH3 is 1. The van der Waals surface area contributed by atoms with Crippen molar-refractivity contribution in [3.05, 3.63) is 76.7 Å². The highest BCUT2D eigenvalue weighted by atomic mass is 19.1. The minimum Gasteiger partial charge on any atom is -0.476 e. The fourth-order valence-corrected chi connectivity index (χ4v) is 3.45. The Morgan fingerprint density at radius 1 is 1.06 bits per heavy atom. The number of benzene rings is 2. The van der Waals surface area contributed by atoms with Crippen LogP contribution in [-0.4, -0.2) is 25.5 Å². The molecule has 5 nitrogen and oxygen atoms in total. The fraction of sp³-hybridized carbons (Fsp3) is 0.280. The molecule has 0 atom stereocenters. The SMILES string of the molecule is CCc1cc(OCC#N)c(F)c(C)c1Cc1ccc(OCOC)c(-c2ccccc2)n1. The molecule has 0 saturated heterocycles. The Morgan fingerprint density at radius 2 is 1.84 bits per heavy atom. The second-order valence-electron chi connectivity index (χ2n) is 6.99. The molecular formula is C25H25FN2O3. The van der Waals surface area contributed by atoms with Crippen LogP contribution in [0.2, 0.25) is 0 Å². The molecule has 0 aliphatic rings. The number of nitriles is 1. The van der Waals surface area contributed by atoms with Crippen molar-refractivity contribution in [2.24, 2.45) is 0 Å². The Morgan fingerprint density at radius 3 is 2.52 bits per heavy atom. The van der Waals surface area contributed by atoms with Gasteiger partial charge in [-0.25, -0.2) is 9.37 Å². The summed E-state index contributed by atoms with van der Waals surface area (Å²) in [5, 5.41) is 8.74. The molecule has 0 N–H and O–H groups in total. The zero-order chi connectivity index (χ0) is 22.2. The Bertz CT molecular complexity index is 1080. The highest BCUT2D eigenvalue weighted by Crippen LogP contribution is 2.32. The largest absolute Gasteiger partial charge is 0.476 e. The predicted molar refractivity (Wildman–Crippen MR) is 117 cm³/mol. The summed E-state index contributed by atoms with van der Waals surface area (Å²) >= 11 is 0. The maximum absolute atomic E-state index is 14.9. The number of pyridine rings is 1. The third-order valence-corrected chi connectivity index (χ3v) is 5.02. The molecule has 0 radical (unpaired) electrons. The molecule has 0 aliphatic carbocycles. The number of ether oxygens (including phenoxy) is 3. The van der Waals surface area contributed by atoms with Crippen molar-refractivity contribution in [2.45, 2.75) is 26.7 Å². The summed E-state index contributed by atoms with van der Waals surface area (Å²) in [5.41, 5.74) is 4.78. The number of aromatic nitrogens is 1. The molecule has 2 aromatic carbocycles. The average molecular weight is 420 g/mol. The molecule has 1 heterocycles. The van der Waals surface area contributed by atoms with Crippen molar-refractivity contribution in [1.82, 2.24) is 4.98 Å². The van der Waals surface area contributed by atoms with E-state index in [1.165, 1.54) is 0 Å². The molecule has 0 fully saturated rings. The van der Waals surface area contributed by atoms with Gasteiger partial charge in [-0.15, -0.1) is 0 Å². The highest BCUT2D eigenvalue weighted by Gasteiger charge is 2.18. The van der Waals surface area contributed by atoms with E-state index in [2.05, 4.69) is 0 Å². The molecule has 3 rings (SSSR count). The van der Waals surface area contributed by atoms with Crippen LogP contribution in [0.5, 0.6) is 11.5 Å². The summed E-state index contributed by atoms with van der Waals surface area (Å²) in [4.78, 5) is 4.83. The molecule has 1 aromatic heterocycles. The zero-order valence-corrected chi connectivity index (χ0v) is 17.9. The van der Waals surface area contributed by atoms with Crippen LogP contribution in [0.1, 0.15) is 29.3 Å². The van der Waals surface area contributed by atoms with Gasteiger partial charge in [0.25, 0.3) is 0 Å². The van der Waals surface area contributed by atoms with Crippen LogP contribution >= 0.6 is 0 Å². The molecule has 31 heavy (non-hydrogen) atoms.